The summed E-state index contributed by atoms with van der Waals surface area (Å²) in [5, 5.41) is 8.40. The number of hydrogen-bond acceptors (Lipinski definition) is 3. The van der Waals surface area contributed by atoms with Crippen LogP contribution < -0.4 is 10.6 Å². The van der Waals surface area contributed by atoms with Gasteiger partial charge in [0.15, 0.2) is 11.7 Å². The molecular formula is C15H15Cl2F3N4S. The number of alkyl halides is 3. The largest absolute Gasteiger partial charge is 0.434 e. The van der Waals surface area contributed by atoms with E-state index < -0.39 is 11.9 Å². The summed E-state index contributed by atoms with van der Waals surface area (Å²) in [6.45, 7) is 2.01. The Morgan fingerprint density at radius 3 is 2.64 bits per heavy atom. The van der Waals surface area contributed by atoms with E-state index in [9.17, 15) is 13.2 Å². The van der Waals surface area contributed by atoms with Gasteiger partial charge in [0, 0.05) is 22.5 Å². The fraction of sp³-hybridized carbons (Fsp3) is 0.333. The normalized spacial score (nSPS) is 13.6. The van der Waals surface area contributed by atoms with Crippen molar-refractivity contribution < 1.29 is 13.2 Å². The molecule has 2 N–H and O–H groups in total. The Kier molecular flexibility index (Phi) is 6.53. The summed E-state index contributed by atoms with van der Waals surface area (Å²) in [5.74, 6) is 0.419. The highest BCUT2D eigenvalue weighted by molar-refractivity contribution is 7.09. The van der Waals surface area contributed by atoms with Gasteiger partial charge in [0.05, 0.1) is 12.6 Å². The Balaban J connectivity index is 1.97. The molecule has 0 radical (unpaired) electrons. The highest BCUT2D eigenvalue weighted by Crippen LogP contribution is 2.30. The van der Waals surface area contributed by atoms with Crippen LogP contribution in [0.25, 0.3) is 0 Å². The average Bonchev–Trinajstić information content (AvgIpc) is 3.00. The zero-order valence-corrected chi connectivity index (χ0v) is 15.6. The van der Waals surface area contributed by atoms with Gasteiger partial charge in [-0.3, -0.25) is 4.99 Å². The lowest BCUT2D eigenvalue weighted by molar-refractivity contribution is -0.140. The first-order valence-corrected chi connectivity index (χ1v) is 8.78. The molecule has 0 aliphatic heterocycles. The van der Waals surface area contributed by atoms with Crippen molar-refractivity contribution in [3.8, 4) is 0 Å². The van der Waals surface area contributed by atoms with Crippen LogP contribution in [0.2, 0.25) is 10.0 Å². The summed E-state index contributed by atoms with van der Waals surface area (Å²) in [4.78, 5) is 7.61. The summed E-state index contributed by atoms with van der Waals surface area (Å²) in [6, 6.07) is 4.98. The molecule has 0 saturated carbocycles. The first-order chi connectivity index (χ1) is 11.7. The number of halogens is 5. The molecular weight excluding hydrogens is 396 g/mol. The van der Waals surface area contributed by atoms with E-state index in [1.54, 1.807) is 25.2 Å². The minimum atomic E-state index is -4.44. The number of rotatable bonds is 4. The van der Waals surface area contributed by atoms with Crippen LogP contribution in [-0.2, 0) is 12.7 Å². The number of hydrogen-bond donors (Lipinski definition) is 2. The number of aliphatic imine (C=N–C) groups is 1. The Morgan fingerprint density at radius 1 is 1.36 bits per heavy atom. The molecule has 1 atom stereocenters. The molecule has 25 heavy (non-hydrogen) atoms. The molecule has 0 aliphatic carbocycles. The van der Waals surface area contributed by atoms with Crippen LogP contribution in [0.1, 0.15) is 29.2 Å². The second-order valence-corrected chi connectivity index (χ2v) is 6.87. The van der Waals surface area contributed by atoms with Crippen molar-refractivity contribution in [3.63, 3.8) is 0 Å². The summed E-state index contributed by atoms with van der Waals surface area (Å²) in [6.07, 6.45) is -4.44. The van der Waals surface area contributed by atoms with Crippen molar-refractivity contribution >= 4 is 40.5 Å². The fourth-order valence-electron chi connectivity index (χ4n) is 2.01. The molecule has 10 heteroatoms. The highest BCUT2D eigenvalue weighted by atomic mass is 35.5. The van der Waals surface area contributed by atoms with Gasteiger partial charge in [-0.05, 0) is 24.6 Å². The summed E-state index contributed by atoms with van der Waals surface area (Å²) in [7, 11) is 1.56. The molecule has 0 spiro atoms. The maximum absolute atomic E-state index is 12.6. The van der Waals surface area contributed by atoms with Crippen LogP contribution in [0.5, 0.6) is 0 Å². The molecule has 1 heterocycles. The van der Waals surface area contributed by atoms with Crippen LogP contribution in [0.4, 0.5) is 13.2 Å². The number of aromatic nitrogens is 1. The SMILES string of the molecule is CN=C(NCc1nc(C(F)(F)F)cs1)NC(C)c1ccc(Cl)cc1Cl. The second kappa shape index (κ2) is 8.25. The molecule has 0 fully saturated rings. The third kappa shape index (κ3) is 5.49. The van der Waals surface area contributed by atoms with Crippen LogP contribution in [0, 0.1) is 0 Å². The maximum atomic E-state index is 12.6. The lowest BCUT2D eigenvalue weighted by Crippen LogP contribution is -2.38. The highest BCUT2D eigenvalue weighted by Gasteiger charge is 2.33. The Morgan fingerprint density at radius 2 is 2.08 bits per heavy atom. The Hall–Kier alpha value is -1.51. The van der Waals surface area contributed by atoms with E-state index in [2.05, 4.69) is 20.6 Å². The molecule has 0 aliphatic rings. The van der Waals surface area contributed by atoms with Gasteiger partial charge in [-0.15, -0.1) is 11.3 Å². The lowest BCUT2D eigenvalue weighted by Gasteiger charge is -2.19. The first-order valence-electron chi connectivity index (χ1n) is 7.14. The molecule has 4 nitrogen and oxygen atoms in total. The van der Waals surface area contributed by atoms with Gasteiger partial charge >= 0.3 is 6.18 Å². The fourth-order valence-corrected chi connectivity index (χ4v) is 3.32. The second-order valence-electron chi connectivity index (χ2n) is 5.08. The van der Waals surface area contributed by atoms with Crippen LogP contribution in [-0.4, -0.2) is 18.0 Å². The molecule has 2 rings (SSSR count). The van der Waals surface area contributed by atoms with E-state index in [4.69, 9.17) is 23.2 Å². The van der Waals surface area contributed by atoms with Crippen molar-refractivity contribution in [1.29, 1.82) is 0 Å². The summed E-state index contributed by atoms with van der Waals surface area (Å²) >= 11 is 13.0. The number of nitrogens with one attached hydrogen (secondary N) is 2. The van der Waals surface area contributed by atoms with E-state index in [0.29, 0.717) is 21.0 Å². The van der Waals surface area contributed by atoms with Gasteiger partial charge in [0.25, 0.3) is 0 Å². The monoisotopic (exact) mass is 410 g/mol. The van der Waals surface area contributed by atoms with Gasteiger partial charge in [-0.1, -0.05) is 29.3 Å². The topological polar surface area (TPSA) is 49.3 Å². The molecule has 2 aromatic rings. The molecule has 0 saturated heterocycles. The minimum Gasteiger partial charge on any atom is -0.350 e. The van der Waals surface area contributed by atoms with Crippen molar-refractivity contribution in [2.24, 2.45) is 4.99 Å². The van der Waals surface area contributed by atoms with Crippen molar-refractivity contribution in [2.75, 3.05) is 7.05 Å². The standard InChI is InChI=1S/C15H15Cl2F3N4S/c1-8(10-4-3-9(16)5-11(10)17)23-14(21-2)22-6-13-24-12(7-25-13)15(18,19)20/h3-5,7-8H,6H2,1-2H3,(H2,21,22,23). The molecule has 136 valence electrons. The number of nitrogens with zero attached hydrogens (tertiary/aromatic N) is 2. The predicted octanol–water partition coefficient (Wildman–Crippen LogP) is 4.89. The van der Waals surface area contributed by atoms with Gasteiger partial charge in [0.1, 0.15) is 5.01 Å². The first kappa shape index (κ1) is 19.8. The van der Waals surface area contributed by atoms with Crippen molar-refractivity contribution in [1.82, 2.24) is 15.6 Å². The maximum Gasteiger partial charge on any atom is 0.434 e. The zero-order valence-electron chi connectivity index (χ0n) is 13.3. The quantitative estimate of drug-likeness (QED) is 0.556. The number of guanidine groups is 1. The number of thiazole rings is 1. The summed E-state index contributed by atoms with van der Waals surface area (Å²) in [5.41, 5.74) is -0.0683. The van der Waals surface area contributed by atoms with Crippen molar-refractivity contribution in [3.05, 3.63) is 49.9 Å². The Labute approximate surface area is 157 Å². The van der Waals surface area contributed by atoms with Gasteiger partial charge in [-0.25, -0.2) is 4.98 Å². The zero-order chi connectivity index (χ0) is 18.6. The van der Waals surface area contributed by atoms with Gasteiger partial charge in [-0.2, -0.15) is 13.2 Å². The predicted molar refractivity (Wildman–Crippen MR) is 95.3 cm³/mol. The lowest BCUT2D eigenvalue weighted by atomic mass is 10.1. The third-order valence-electron chi connectivity index (χ3n) is 3.26. The van der Waals surface area contributed by atoms with Crippen LogP contribution in [0.15, 0.2) is 28.6 Å². The van der Waals surface area contributed by atoms with Crippen LogP contribution >= 0.6 is 34.5 Å². The molecule has 0 bridgehead atoms. The summed E-state index contributed by atoms with van der Waals surface area (Å²) < 4.78 is 37.7. The molecule has 0 amide bonds. The van der Waals surface area contributed by atoms with E-state index >= 15 is 0 Å². The van der Waals surface area contributed by atoms with Crippen molar-refractivity contribution in [2.45, 2.75) is 25.7 Å². The van der Waals surface area contributed by atoms with Gasteiger partial charge < -0.3 is 10.6 Å². The van der Waals surface area contributed by atoms with E-state index in [1.165, 1.54) is 0 Å². The smallest absolute Gasteiger partial charge is 0.350 e. The minimum absolute atomic E-state index is 0.126. The third-order valence-corrected chi connectivity index (χ3v) is 4.67. The average molecular weight is 411 g/mol. The van der Waals surface area contributed by atoms with Gasteiger partial charge in [0.2, 0.25) is 0 Å². The molecule has 1 aromatic carbocycles. The van der Waals surface area contributed by atoms with E-state index in [0.717, 1.165) is 22.3 Å². The molecule has 1 aromatic heterocycles. The van der Waals surface area contributed by atoms with E-state index in [-0.39, 0.29) is 12.6 Å². The Bertz CT molecular complexity index is 761. The molecule has 1 unspecified atom stereocenters. The van der Waals surface area contributed by atoms with Crippen LogP contribution in [0.3, 0.4) is 0 Å². The number of benzene rings is 1. The van der Waals surface area contributed by atoms with E-state index in [1.807, 2.05) is 6.92 Å².